The number of amides is 1. The Balaban J connectivity index is 1.85. The Morgan fingerprint density at radius 3 is 2.30 bits per heavy atom. The third kappa shape index (κ3) is 3.71. The van der Waals surface area contributed by atoms with Crippen LogP contribution < -0.4 is 10.6 Å². The summed E-state index contributed by atoms with van der Waals surface area (Å²) < 4.78 is 24.4. The van der Waals surface area contributed by atoms with Crippen LogP contribution in [0.4, 0.5) is 0 Å². The summed E-state index contributed by atoms with van der Waals surface area (Å²) in [5, 5.41) is 6.38. The molecule has 7 heteroatoms. The van der Waals surface area contributed by atoms with Gasteiger partial charge in [-0.25, -0.2) is 12.7 Å². The molecule has 2 rings (SSSR count). The Hall–Kier alpha value is -0.660. The molecular weight excluding hydrogens is 278 g/mol. The third-order valence-corrected chi connectivity index (χ3v) is 5.82. The lowest BCUT2D eigenvalue weighted by atomic mass is 9.80. The summed E-state index contributed by atoms with van der Waals surface area (Å²) in [5.41, 5.74) is -0.279. The minimum Gasteiger partial charge on any atom is -0.353 e. The van der Waals surface area contributed by atoms with Gasteiger partial charge in [0.1, 0.15) is 0 Å². The second-order valence-corrected chi connectivity index (χ2v) is 8.20. The van der Waals surface area contributed by atoms with Crippen LogP contribution in [0.5, 0.6) is 0 Å². The predicted molar refractivity (Wildman–Crippen MR) is 77.8 cm³/mol. The molecule has 0 aromatic heterocycles. The van der Waals surface area contributed by atoms with E-state index in [2.05, 4.69) is 10.6 Å². The van der Waals surface area contributed by atoms with Gasteiger partial charge in [0.05, 0.1) is 6.26 Å². The summed E-state index contributed by atoms with van der Waals surface area (Å²) >= 11 is 0. The molecule has 2 fully saturated rings. The van der Waals surface area contributed by atoms with Crippen LogP contribution in [0.3, 0.4) is 0 Å². The van der Waals surface area contributed by atoms with Crippen LogP contribution in [0.2, 0.25) is 0 Å². The first-order valence-corrected chi connectivity index (χ1v) is 9.13. The van der Waals surface area contributed by atoms with E-state index in [9.17, 15) is 13.2 Å². The van der Waals surface area contributed by atoms with E-state index in [1.165, 1.54) is 10.6 Å². The lowest BCUT2D eigenvalue weighted by Crippen LogP contribution is -2.52. The minimum absolute atomic E-state index is 0.104. The molecule has 2 N–H and O–H groups in total. The van der Waals surface area contributed by atoms with Crippen LogP contribution >= 0.6 is 0 Å². The van der Waals surface area contributed by atoms with Crippen molar-refractivity contribution in [2.75, 3.05) is 32.4 Å². The van der Waals surface area contributed by atoms with Crippen molar-refractivity contribution < 1.29 is 13.2 Å². The first kappa shape index (κ1) is 15.7. The second kappa shape index (κ2) is 5.99. The number of hydrogen-bond donors (Lipinski definition) is 2. The third-order valence-electron chi connectivity index (χ3n) is 4.51. The maximum atomic E-state index is 12.4. The molecule has 2 aliphatic heterocycles. The predicted octanol–water partition coefficient (Wildman–Crippen LogP) is -0.0837. The van der Waals surface area contributed by atoms with Crippen molar-refractivity contribution in [3.05, 3.63) is 0 Å². The van der Waals surface area contributed by atoms with E-state index in [0.29, 0.717) is 25.9 Å². The zero-order valence-electron chi connectivity index (χ0n) is 12.3. The molecule has 0 bridgehead atoms. The normalized spacial score (nSPS) is 25.3. The molecule has 0 aromatic carbocycles. The lowest BCUT2D eigenvalue weighted by molar-refractivity contribution is -0.132. The highest BCUT2D eigenvalue weighted by Crippen LogP contribution is 2.28. The van der Waals surface area contributed by atoms with E-state index < -0.39 is 10.0 Å². The van der Waals surface area contributed by atoms with Gasteiger partial charge in [-0.2, -0.15) is 0 Å². The van der Waals surface area contributed by atoms with Gasteiger partial charge < -0.3 is 10.6 Å². The molecule has 2 aliphatic rings. The number of rotatable bonds is 3. The second-order valence-electron chi connectivity index (χ2n) is 6.22. The zero-order chi connectivity index (χ0) is 14.8. The highest BCUT2D eigenvalue weighted by Gasteiger charge is 2.36. The Morgan fingerprint density at radius 1 is 1.25 bits per heavy atom. The summed E-state index contributed by atoms with van der Waals surface area (Å²) in [6, 6.07) is 0.104. The van der Waals surface area contributed by atoms with Gasteiger partial charge >= 0.3 is 0 Å². The van der Waals surface area contributed by atoms with Crippen LogP contribution in [0, 0.1) is 5.41 Å². The minimum atomic E-state index is -3.10. The topological polar surface area (TPSA) is 78.5 Å². The monoisotopic (exact) mass is 303 g/mol. The first-order chi connectivity index (χ1) is 9.31. The van der Waals surface area contributed by atoms with Crippen molar-refractivity contribution >= 4 is 15.9 Å². The van der Waals surface area contributed by atoms with Crippen molar-refractivity contribution in [3.8, 4) is 0 Å². The average molecular weight is 303 g/mol. The van der Waals surface area contributed by atoms with Crippen molar-refractivity contribution in [2.45, 2.75) is 38.6 Å². The Bertz CT molecular complexity index is 449. The quantitative estimate of drug-likeness (QED) is 0.764. The van der Waals surface area contributed by atoms with Crippen LogP contribution in [-0.4, -0.2) is 57.1 Å². The van der Waals surface area contributed by atoms with Crippen molar-refractivity contribution in [1.82, 2.24) is 14.9 Å². The number of hydrogen-bond acceptors (Lipinski definition) is 4. The maximum Gasteiger partial charge on any atom is 0.226 e. The van der Waals surface area contributed by atoms with Crippen LogP contribution in [0.15, 0.2) is 0 Å². The van der Waals surface area contributed by atoms with Gasteiger partial charge in [-0.3, -0.25) is 4.79 Å². The summed E-state index contributed by atoms with van der Waals surface area (Å²) in [4.78, 5) is 12.4. The largest absolute Gasteiger partial charge is 0.353 e. The van der Waals surface area contributed by atoms with E-state index in [4.69, 9.17) is 0 Å². The smallest absolute Gasteiger partial charge is 0.226 e. The summed E-state index contributed by atoms with van der Waals surface area (Å²) in [7, 11) is -3.10. The van der Waals surface area contributed by atoms with Gasteiger partial charge in [-0.05, 0) is 38.8 Å². The van der Waals surface area contributed by atoms with Gasteiger partial charge in [0.25, 0.3) is 0 Å². The molecule has 116 valence electrons. The summed E-state index contributed by atoms with van der Waals surface area (Å²) in [6.07, 6.45) is 4.37. The Morgan fingerprint density at radius 2 is 1.80 bits per heavy atom. The van der Waals surface area contributed by atoms with E-state index in [1.807, 2.05) is 6.92 Å². The van der Waals surface area contributed by atoms with Crippen LogP contribution in [-0.2, 0) is 14.8 Å². The molecule has 0 aromatic rings. The zero-order valence-corrected chi connectivity index (χ0v) is 13.1. The van der Waals surface area contributed by atoms with Crippen molar-refractivity contribution in [1.29, 1.82) is 0 Å². The van der Waals surface area contributed by atoms with Crippen molar-refractivity contribution in [2.24, 2.45) is 5.41 Å². The fourth-order valence-electron chi connectivity index (χ4n) is 2.90. The molecule has 0 aliphatic carbocycles. The number of sulfonamides is 1. The lowest BCUT2D eigenvalue weighted by Gasteiger charge is -2.36. The molecule has 2 saturated heterocycles. The Labute approximate surface area is 121 Å². The molecule has 2 heterocycles. The number of nitrogens with zero attached hydrogens (tertiary/aromatic N) is 1. The summed E-state index contributed by atoms with van der Waals surface area (Å²) in [6.45, 7) is 4.80. The SMILES string of the molecule is CC1(C(=O)NC2CCN(S(C)(=O)=O)CC2)CCNCC1. The Kier molecular flexibility index (Phi) is 4.71. The average Bonchev–Trinajstić information content (AvgIpc) is 2.39. The first-order valence-electron chi connectivity index (χ1n) is 7.28. The molecule has 0 spiro atoms. The van der Waals surface area contributed by atoms with E-state index in [1.54, 1.807) is 0 Å². The highest BCUT2D eigenvalue weighted by atomic mass is 32.2. The highest BCUT2D eigenvalue weighted by molar-refractivity contribution is 7.88. The molecule has 0 unspecified atom stereocenters. The van der Waals surface area contributed by atoms with Gasteiger partial charge in [-0.1, -0.05) is 6.92 Å². The summed E-state index contributed by atoms with van der Waals surface area (Å²) in [5.74, 6) is 0.122. The van der Waals surface area contributed by atoms with Crippen LogP contribution in [0.1, 0.15) is 32.6 Å². The number of nitrogens with one attached hydrogen (secondary N) is 2. The molecule has 0 saturated carbocycles. The van der Waals surface area contributed by atoms with E-state index in [-0.39, 0.29) is 17.4 Å². The van der Waals surface area contributed by atoms with Gasteiger partial charge in [-0.15, -0.1) is 0 Å². The molecule has 20 heavy (non-hydrogen) atoms. The number of carbonyl (C=O) groups excluding carboxylic acids is 1. The maximum absolute atomic E-state index is 12.4. The standard InChI is InChI=1S/C13H25N3O3S/c1-13(5-7-14-8-6-13)12(17)15-11-3-9-16(10-4-11)20(2,18)19/h11,14H,3-10H2,1-2H3,(H,15,17). The fraction of sp³-hybridized carbons (Fsp3) is 0.923. The van der Waals surface area contributed by atoms with Crippen LogP contribution in [0.25, 0.3) is 0 Å². The molecule has 6 nitrogen and oxygen atoms in total. The van der Waals surface area contributed by atoms with E-state index >= 15 is 0 Å². The molecule has 0 atom stereocenters. The van der Waals surface area contributed by atoms with Crippen molar-refractivity contribution in [3.63, 3.8) is 0 Å². The van der Waals surface area contributed by atoms with Gasteiger partial charge in [0.2, 0.25) is 15.9 Å². The number of piperidine rings is 2. The van der Waals surface area contributed by atoms with E-state index in [0.717, 1.165) is 25.9 Å². The molecule has 0 radical (unpaired) electrons. The molecule has 1 amide bonds. The number of carbonyl (C=O) groups is 1. The molecular formula is C13H25N3O3S. The van der Waals surface area contributed by atoms with Gasteiger partial charge in [0.15, 0.2) is 0 Å². The fourth-order valence-corrected chi connectivity index (χ4v) is 3.77. The van der Waals surface area contributed by atoms with Gasteiger partial charge in [0, 0.05) is 24.5 Å².